The number of imidazole rings is 1. The van der Waals surface area contributed by atoms with E-state index in [-0.39, 0.29) is 0 Å². The Morgan fingerprint density at radius 3 is 2.43 bits per heavy atom. The molecular formula is C15H12F3N3. The van der Waals surface area contributed by atoms with E-state index in [1.165, 1.54) is 6.07 Å². The predicted octanol–water partition coefficient (Wildman–Crippen LogP) is 4.26. The van der Waals surface area contributed by atoms with Crippen molar-refractivity contribution in [2.75, 3.05) is 0 Å². The normalized spacial score (nSPS) is 12.0. The molecule has 0 fully saturated rings. The van der Waals surface area contributed by atoms with E-state index < -0.39 is 11.7 Å². The van der Waals surface area contributed by atoms with Crippen LogP contribution in [0, 0.1) is 13.8 Å². The summed E-state index contributed by atoms with van der Waals surface area (Å²) in [6.07, 6.45) is -4.36. The zero-order valence-electron chi connectivity index (χ0n) is 11.4. The van der Waals surface area contributed by atoms with Gasteiger partial charge in [0.1, 0.15) is 5.82 Å². The SMILES string of the molecule is Cc1ccc(-c2nc3ccc(C(F)(F)F)cc3[nH]2)c(C)n1. The fourth-order valence-corrected chi connectivity index (χ4v) is 2.25. The molecule has 0 saturated carbocycles. The van der Waals surface area contributed by atoms with Crippen LogP contribution in [0.2, 0.25) is 0 Å². The number of alkyl halides is 3. The largest absolute Gasteiger partial charge is 0.416 e. The van der Waals surface area contributed by atoms with E-state index in [4.69, 9.17) is 0 Å². The Hall–Kier alpha value is -2.37. The Morgan fingerprint density at radius 2 is 1.76 bits per heavy atom. The van der Waals surface area contributed by atoms with E-state index in [0.717, 1.165) is 29.1 Å². The molecule has 0 atom stereocenters. The second-order valence-electron chi connectivity index (χ2n) is 4.90. The Bertz CT molecular complexity index is 819. The van der Waals surface area contributed by atoms with Crippen molar-refractivity contribution >= 4 is 11.0 Å². The first-order chi connectivity index (χ1) is 9.84. The summed E-state index contributed by atoms with van der Waals surface area (Å²) >= 11 is 0. The van der Waals surface area contributed by atoms with E-state index >= 15 is 0 Å². The number of nitrogens with zero attached hydrogens (tertiary/aromatic N) is 2. The van der Waals surface area contributed by atoms with Crippen LogP contribution in [0.15, 0.2) is 30.3 Å². The second kappa shape index (κ2) is 4.58. The number of rotatable bonds is 1. The minimum absolute atomic E-state index is 0.361. The van der Waals surface area contributed by atoms with Crippen LogP contribution in [0.4, 0.5) is 13.2 Å². The third-order valence-electron chi connectivity index (χ3n) is 3.29. The van der Waals surface area contributed by atoms with Crippen molar-refractivity contribution in [1.82, 2.24) is 15.0 Å². The lowest BCUT2D eigenvalue weighted by molar-refractivity contribution is -0.137. The number of hydrogen-bond acceptors (Lipinski definition) is 2. The highest BCUT2D eigenvalue weighted by molar-refractivity contribution is 5.80. The maximum absolute atomic E-state index is 12.7. The zero-order valence-corrected chi connectivity index (χ0v) is 11.4. The van der Waals surface area contributed by atoms with Crippen LogP contribution in [-0.2, 0) is 6.18 Å². The summed E-state index contributed by atoms with van der Waals surface area (Å²) in [5.74, 6) is 0.523. The van der Waals surface area contributed by atoms with Crippen molar-refractivity contribution < 1.29 is 13.2 Å². The summed E-state index contributed by atoms with van der Waals surface area (Å²) in [5, 5.41) is 0. The van der Waals surface area contributed by atoms with Gasteiger partial charge in [-0.3, -0.25) is 4.98 Å². The van der Waals surface area contributed by atoms with Gasteiger partial charge in [-0.05, 0) is 44.2 Å². The molecule has 0 bridgehead atoms. The van der Waals surface area contributed by atoms with Gasteiger partial charge in [0.15, 0.2) is 0 Å². The Balaban J connectivity index is 2.13. The van der Waals surface area contributed by atoms with E-state index in [2.05, 4.69) is 15.0 Å². The van der Waals surface area contributed by atoms with Crippen molar-refractivity contribution in [2.24, 2.45) is 0 Å². The number of aromatic amines is 1. The molecule has 0 aliphatic carbocycles. The number of nitrogens with one attached hydrogen (secondary N) is 1. The average Bonchev–Trinajstić information content (AvgIpc) is 2.79. The standard InChI is InChI=1S/C15H12F3N3/c1-8-3-5-11(9(2)19-8)14-20-12-6-4-10(15(16,17)18)7-13(12)21-14/h3-7H,1-2H3,(H,20,21). The lowest BCUT2D eigenvalue weighted by atomic mass is 10.2. The molecule has 0 amide bonds. The molecule has 1 aromatic carbocycles. The van der Waals surface area contributed by atoms with Gasteiger partial charge in [-0.1, -0.05) is 0 Å². The molecule has 3 aromatic rings. The van der Waals surface area contributed by atoms with Gasteiger partial charge in [-0.15, -0.1) is 0 Å². The van der Waals surface area contributed by atoms with E-state index in [1.807, 2.05) is 26.0 Å². The molecule has 3 nitrogen and oxygen atoms in total. The van der Waals surface area contributed by atoms with E-state index in [1.54, 1.807) is 0 Å². The highest BCUT2D eigenvalue weighted by Gasteiger charge is 2.30. The first-order valence-corrected chi connectivity index (χ1v) is 6.36. The molecule has 0 spiro atoms. The van der Waals surface area contributed by atoms with Gasteiger partial charge in [-0.2, -0.15) is 13.2 Å². The lowest BCUT2D eigenvalue weighted by Gasteiger charge is -2.05. The van der Waals surface area contributed by atoms with Gasteiger partial charge in [-0.25, -0.2) is 4.98 Å². The summed E-state index contributed by atoms with van der Waals surface area (Å²) in [5.41, 5.74) is 2.61. The Morgan fingerprint density at radius 1 is 1.00 bits per heavy atom. The smallest absolute Gasteiger partial charge is 0.338 e. The average molecular weight is 291 g/mol. The molecule has 2 aromatic heterocycles. The summed E-state index contributed by atoms with van der Waals surface area (Å²) < 4.78 is 38.1. The van der Waals surface area contributed by atoms with Gasteiger partial charge < -0.3 is 4.98 Å². The van der Waals surface area contributed by atoms with Gasteiger partial charge in [0, 0.05) is 17.0 Å². The molecule has 0 unspecified atom stereocenters. The third kappa shape index (κ3) is 2.49. The molecule has 0 aliphatic rings. The van der Waals surface area contributed by atoms with Gasteiger partial charge in [0.05, 0.1) is 16.6 Å². The van der Waals surface area contributed by atoms with Gasteiger partial charge in [0.2, 0.25) is 0 Å². The number of pyridine rings is 1. The first-order valence-electron chi connectivity index (χ1n) is 6.36. The van der Waals surface area contributed by atoms with Crippen LogP contribution in [0.3, 0.4) is 0 Å². The molecule has 0 aliphatic heterocycles. The summed E-state index contributed by atoms with van der Waals surface area (Å²) in [4.78, 5) is 11.6. The predicted molar refractivity (Wildman–Crippen MR) is 73.8 cm³/mol. The number of fused-ring (bicyclic) bond motifs is 1. The minimum Gasteiger partial charge on any atom is -0.338 e. The molecule has 2 heterocycles. The monoisotopic (exact) mass is 291 g/mol. The number of hydrogen-bond donors (Lipinski definition) is 1. The van der Waals surface area contributed by atoms with Crippen molar-refractivity contribution in [1.29, 1.82) is 0 Å². The number of aromatic nitrogens is 3. The molecule has 0 radical (unpaired) electrons. The fourth-order valence-electron chi connectivity index (χ4n) is 2.25. The molecule has 6 heteroatoms. The summed E-state index contributed by atoms with van der Waals surface area (Å²) in [7, 11) is 0. The van der Waals surface area contributed by atoms with Crippen LogP contribution in [-0.4, -0.2) is 15.0 Å². The zero-order chi connectivity index (χ0) is 15.2. The highest BCUT2D eigenvalue weighted by Crippen LogP contribution is 2.31. The quantitative estimate of drug-likeness (QED) is 0.727. The van der Waals surface area contributed by atoms with Gasteiger partial charge in [0.25, 0.3) is 0 Å². The third-order valence-corrected chi connectivity index (χ3v) is 3.29. The van der Waals surface area contributed by atoms with Crippen molar-refractivity contribution in [3.63, 3.8) is 0 Å². The topological polar surface area (TPSA) is 41.6 Å². The number of H-pyrrole nitrogens is 1. The van der Waals surface area contributed by atoms with Gasteiger partial charge >= 0.3 is 6.18 Å². The molecule has 3 rings (SSSR count). The highest BCUT2D eigenvalue weighted by atomic mass is 19.4. The molecule has 0 saturated heterocycles. The summed E-state index contributed by atoms with van der Waals surface area (Å²) in [6, 6.07) is 7.18. The van der Waals surface area contributed by atoms with E-state index in [0.29, 0.717) is 16.9 Å². The van der Waals surface area contributed by atoms with Crippen LogP contribution < -0.4 is 0 Å². The fraction of sp³-hybridized carbons (Fsp3) is 0.200. The van der Waals surface area contributed by atoms with Crippen molar-refractivity contribution in [2.45, 2.75) is 20.0 Å². The van der Waals surface area contributed by atoms with E-state index in [9.17, 15) is 13.2 Å². The van der Waals surface area contributed by atoms with Crippen molar-refractivity contribution in [3.8, 4) is 11.4 Å². The number of halogens is 3. The lowest BCUT2D eigenvalue weighted by Crippen LogP contribution is -2.04. The molecule has 21 heavy (non-hydrogen) atoms. The summed E-state index contributed by atoms with van der Waals surface area (Å²) in [6.45, 7) is 3.72. The molecule has 1 N–H and O–H groups in total. The maximum Gasteiger partial charge on any atom is 0.416 e. The van der Waals surface area contributed by atoms with Crippen LogP contribution in [0.5, 0.6) is 0 Å². The molecular weight excluding hydrogens is 279 g/mol. The number of aryl methyl sites for hydroxylation is 2. The first kappa shape index (κ1) is 13.6. The molecule has 108 valence electrons. The van der Waals surface area contributed by atoms with Crippen molar-refractivity contribution in [3.05, 3.63) is 47.3 Å². The van der Waals surface area contributed by atoms with Crippen LogP contribution in [0.1, 0.15) is 17.0 Å². The van der Waals surface area contributed by atoms with Crippen LogP contribution in [0.25, 0.3) is 22.4 Å². The Labute approximate surface area is 118 Å². The van der Waals surface area contributed by atoms with Crippen LogP contribution >= 0.6 is 0 Å². The Kier molecular flexibility index (Phi) is 2.97. The minimum atomic E-state index is -4.36. The number of benzene rings is 1. The maximum atomic E-state index is 12.7. The second-order valence-corrected chi connectivity index (χ2v) is 4.90.